The zero-order valence-electron chi connectivity index (χ0n) is 43.1. The zero-order chi connectivity index (χ0) is 50.6. The minimum absolute atomic E-state index is 0.00780. The number of fused-ring (bicyclic) bond motifs is 3. The van der Waals surface area contributed by atoms with Crippen molar-refractivity contribution in [2.45, 2.75) is 181 Å². The topological polar surface area (TPSA) is 199 Å². The monoisotopic (exact) mass is 964 g/mol. The fraction of sp³-hybridized carbons (Fsp3) is 0.736. The maximum absolute atomic E-state index is 14.5. The van der Waals surface area contributed by atoms with E-state index in [1.54, 1.807) is 46.2 Å². The molecule has 1 aliphatic carbocycles. The Morgan fingerprint density at radius 2 is 1.64 bits per heavy atom. The average Bonchev–Trinajstić information content (AvgIpc) is 3.88. The lowest BCUT2D eigenvalue weighted by Crippen LogP contribution is -2.61. The number of tetrazole rings is 1. The predicted octanol–water partition coefficient (Wildman–Crippen LogP) is 7.32. The van der Waals surface area contributed by atoms with Crippen LogP contribution in [0.5, 0.6) is 0 Å². The molecule has 0 radical (unpaired) electrons. The quantitative estimate of drug-likeness (QED) is 0.211. The van der Waals surface area contributed by atoms with Crippen LogP contribution in [0, 0.1) is 41.4 Å². The number of hydrogen-bond acceptors (Lipinski definition) is 14. The van der Waals surface area contributed by atoms with Crippen molar-refractivity contribution in [3.8, 4) is 0 Å². The number of Topliss-reactive ketones (excluding diaryl/α,β-unsaturated/α-hetero) is 3. The van der Waals surface area contributed by atoms with Crippen LogP contribution in [0.25, 0.3) is 0 Å². The maximum Gasteiger partial charge on any atom is 0.329 e. The number of cyclic esters (lactones) is 1. The van der Waals surface area contributed by atoms with Crippen LogP contribution < -0.4 is 0 Å². The van der Waals surface area contributed by atoms with E-state index in [-0.39, 0.29) is 78.6 Å². The molecule has 15 atom stereocenters. The first kappa shape index (κ1) is 55.7. The lowest BCUT2D eigenvalue weighted by molar-refractivity contribution is -0.265. The molecule has 2 bridgehead atoms. The van der Waals surface area contributed by atoms with Gasteiger partial charge in [0.05, 0.1) is 24.4 Å². The molecule has 2 saturated heterocycles. The van der Waals surface area contributed by atoms with Crippen LogP contribution in [0.2, 0.25) is 0 Å². The average molecular weight is 964 g/mol. The van der Waals surface area contributed by atoms with Gasteiger partial charge in [-0.25, -0.2) is 9.48 Å². The molecule has 384 valence electrons. The number of carbonyl (C=O) groups is 5. The van der Waals surface area contributed by atoms with Gasteiger partial charge in [-0.3, -0.25) is 19.2 Å². The van der Waals surface area contributed by atoms with E-state index in [2.05, 4.69) is 28.5 Å². The van der Waals surface area contributed by atoms with Gasteiger partial charge < -0.3 is 33.7 Å². The minimum atomic E-state index is -2.42. The molecular formula is C53H81N5O11. The molecule has 3 fully saturated rings. The summed E-state index contributed by atoms with van der Waals surface area (Å²) >= 11 is 0. The lowest BCUT2D eigenvalue weighted by atomic mass is 9.77. The van der Waals surface area contributed by atoms with E-state index in [0.717, 1.165) is 18.4 Å². The van der Waals surface area contributed by atoms with Gasteiger partial charge in [0.25, 0.3) is 11.7 Å². The van der Waals surface area contributed by atoms with Gasteiger partial charge in [-0.1, -0.05) is 78.0 Å². The summed E-state index contributed by atoms with van der Waals surface area (Å²) in [6, 6.07) is -1.14. The predicted molar refractivity (Wildman–Crippen MR) is 259 cm³/mol. The lowest BCUT2D eigenvalue weighted by Gasteiger charge is -2.42. The smallest absolute Gasteiger partial charge is 0.329 e. The zero-order valence-corrected chi connectivity index (χ0v) is 43.1. The summed E-state index contributed by atoms with van der Waals surface area (Å²) in [5.41, 5.74) is 1.38. The number of aromatic nitrogens is 4. The third kappa shape index (κ3) is 14.2. The van der Waals surface area contributed by atoms with Crippen LogP contribution >= 0.6 is 0 Å². The summed E-state index contributed by atoms with van der Waals surface area (Å²) in [7, 11) is 4.82. The van der Waals surface area contributed by atoms with E-state index < -0.39 is 59.8 Å². The molecule has 0 spiro atoms. The summed E-state index contributed by atoms with van der Waals surface area (Å²) in [5, 5.41) is 23.8. The number of methoxy groups -OCH3 is 3. The van der Waals surface area contributed by atoms with Gasteiger partial charge in [0.1, 0.15) is 24.6 Å². The molecular weight excluding hydrogens is 883 g/mol. The van der Waals surface area contributed by atoms with Crippen molar-refractivity contribution in [1.29, 1.82) is 0 Å². The van der Waals surface area contributed by atoms with Crippen LogP contribution in [0.15, 0.2) is 53.9 Å². The first-order chi connectivity index (χ1) is 32.8. The first-order valence-corrected chi connectivity index (χ1v) is 25.4. The Morgan fingerprint density at radius 3 is 2.32 bits per heavy atom. The van der Waals surface area contributed by atoms with Gasteiger partial charge in [0, 0.05) is 52.6 Å². The Bertz CT molecular complexity index is 2020. The number of piperidine rings is 1. The van der Waals surface area contributed by atoms with E-state index in [1.807, 2.05) is 65.0 Å². The normalized spacial score (nSPS) is 36.3. The number of rotatable bonds is 7. The van der Waals surface area contributed by atoms with Crippen LogP contribution in [0.3, 0.4) is 0 Å². The largest absolute Gasteiger partial charge is 0.460 e. The van der Waals surface area contributed by atoms with Crippen molar-refractivity contribution in [3.05, 3.63) is 53.9 Å². The van der Waals surface area contributed by atoms with Crippen LogP contribution in [-0.2, 0) is 47.7 Å². The minimum Gasteiger partial charge on any atom is -0.460 e. The molecule has 1 aromatic heterocycles. The molecule has 1 saturated carbocycles. The number of esters is 1. The highest BCUT2D eigenvalue weighted by Crippen LogP contribution is 2.39. The molecule has 16 nitrogen and oxygen atoms in total. The second-order valence-electron chi connectivity index (χ2n) is 20.8. The van der Waals surface area contributed by atoms with Crippen molar-refractivity contribution < 1.29 is 52.8 Å². The van der Waals surface area contributed by atoms with E-state index >= 15 is 0 Å². The third-order valence-corrected chi connectivity index (χ3v) is 15.7. The molecule has 1 amide bonds. The highest BCUT2D eigenvalue weighted by atomic mass is 16.6. The molecule has 3 unspecified atom stereocenters. The van der Waals surface area contributed by atoms with Crippen LogP contribution in [-0.4, -0.2) is 130 Å². The Hall–Kier alpha value is -4.22. The van der Waals surface area contributed by atoms with Gasteiger partial charge >= 0.3 is 5.97 Å². The number of allylic oxidation sites excluding steroid dienone is 7. The Labute approximate surface area is 410 Å². The van der Waals surface area contributed by atoms with Crippen molar-refractivity contribution >= 4 is 29.2 Å². The first-order valence-electron chi connectivity index (χ1n) is 25.4. The standard InChI is InChI=1S/C53H81N5O11/c1-32-17-13-12-14-18-33(2)45(65-9)29-41-22-20-38(7)53(64,69-41)50(61)51(62)57-24-16-15-19-43(57)52(63)68-46(36(5)27-40-21-23-42(47(28-40)66-10)58-31-54-55-56-58)30-44(59)35(4)26-34(3)39(8)49(67-11)48(60)37(6)25-32/h12-14,17-18,26,31-32,34,36-43,45-47,49,64H,15-16,19-25,27-30H2,1-11H3/t32-,34?,36-,37-,38-,39-,40+,41?,42+,43?,45+,46+,47-,49-,53-/m1/s1. The molecule has 4 aliphatic rings. The van der Waals surface area contributed by atoms with Crippen molar-refractivity contribution in [3.63, 3.8) is 0 Å². The molecule has 5 rings (SSSR count). The fourth-order valence-corrected chi connectivity index (χ4v) is 11.0. The highest BCUT2D eigenvalue weighted by molar-refractivity contribution is 6.39. The third-order valence-electron chi connectivity index (χ3n) is 15.7. The van der Waals surface area contributed by atoms with Crippen LogP contribution in [0.4, 0.5) is 0 Å². The summed E-state index contributed by atoms with van der Waals surface area (Å²) in [4.78, 5) is 72.6. The molecule has 1 N–H and O–H groups in total. The number of aliphatic hydroxyl groups is 1. The van der Waals surface area contributed by atoms with Crippen molar-refractivity contribution in [2.75, 3.05) is 27.9 Å². The van der Waals surface area contributed by atoms with Gasteiger partial charge in [-0.15, -0.1) is 5.10 Å². The van der Waals surface area contributed by atoms with Crippen molar-refractivity contribution in [2.24, 2.45) is 41.4 Å². The second kappa shape index (κ2) is 25.8. The molecule has 4 heterocycles. The van der Waals surface area contributed by atoms with Crippen LogP contribution in [0.1, 0.15) is 138 Å². The van der Waals surface area contributed by atoms with Gasteiger partial charge in [0.15, 0.2) is 11.6 Å². The van der Waals surface area contributed by atoms with Gasteiger partial charge in [0.2, 0.25) is 5.79 Å². The number of ether oxygens (including phenoxy) is 5. The SMILES string of the molecule is CO[C@H]1CC2CC[C@@H](C)[C@@](O)(O2)C(=O)C(=O)N2CCCCC2C(=O)O[C@H]([C@H](C)C[C@@H]2CC[C@H](n3cnnn3)[C@H](OC)C2)CC(=O)C(C)=CC(C)[C@@H](C)[C@@H](OC)C(=O)[C@H](C)C[C@H](C)C=CC=CC=C1C. The number of carbonyl (C=O) groups excluding carboxylic acids is 5. The highest BCUT2D eigenvalue weighted by Gasteiger charge is 2.53. The maximum atomic E-state index is 14.5. The number of ketones is 3. The molecule has 0 aromatic carbocycles. The number of hydrogen-bond donors (Lipinski definition) is 1. The summed E-state index contributed by atoms with van der Waals surface area (Å²) in [6.07, 6.45) is 16.7. The number of nitrogens with zero attached hydrogens (tertiary/aromatic N) is 5. The summed E-state index contributed by atoms with van der Waals surface area (Å²) in [6.45, 7) is 15.4. The Balaban J connectivity index is 1.46. The molecule has 1 aromatic rings. The van der Waals surface area contributed by atoms with E-state index in [9.17, 15) is 29.1 Å². The van der Waals surface area contributed by atoms with E-state index in [1.165, 1.54) is 4.90 Å². The number of amides is 1. The molecule has 69 heavy (non-hydrogen) atoms. The van der Waals surface area contributed by atoms with Crippen molar-refractivity contribution in [1.82, 2.24) is 25.1 Å². The van der Waals surface area contributed by atoms with Gasteiger partial charge in [-0.05, 0) is 129 Å². The fourth-order valence-electron chi connectivity index (χ4n) is 11.0. The molecule has 3 aliphatic heterocycles. The summed E-state index contributed by atoms with van der Waals surface area (Å²) in [5.74, 6) is -6.90. The van der Waals surface area contributed by atoms with Gasteiger partial charge in [-0.2, -0.15) is 0 Å². The Kier molecular flexibility index (Phi) is 20.8. The summed E-state index contributed by atoms with van der Waals surface area (Å²) < 4.78 is 32.0. The van der Waals surface area contributed by atoms with E-state index in [0.29, 0.717) is 56.9 Å². The molecule has 16 heteroatoms. The Morgan fingerprint density at radius 1 is 0.884 bits per heavy atom. The van der Waals surface area contributed by atoms with E-state index in [4.69, 9.17) is 23.7 Å². The second-order valence-corrected chi connectivity index (χ2v) is 20.8.